The molecule has 0 aliphatic rings. The summed E-state index contributed by atoms with van der Waals surface area (Å²) in [5, 5.41) is 11.0. The van der Waals surface area contributed by atoms with Crippen LogP contribution < -0.4 is 11.1 Å². The molecular weight excluding hydrogens is 280 g/mol. The maximum atomic E-state index is 13.0. The second-order valence-corrected chi connectivity index (χ2v) is 4.74. The fraction of sp³-hybridized carbons (Fsp3) is 0.357. The molecule has 0 unspecified atom stereocenters. The molecule has 0 aromatic heterocycles. The quantitative estimate of drug-likeness (QED) is 0.820. The summed E-state index contributed by atoms with van der Waals surface area (Å²) in [6.07, 6.45) is -0.250. The summed E-state index contributed by atoms with van der Waals surface area (Å²) >= 11 is 0. The van der Waals surface area contributed by atoms with Gasteiger partial charge in [0.05, 0.1) is 12.5 Å². The summed E-state index contributed by atoms with van der Waals surface area (Å²) in [5.74, 6) is -3.41. The van der Waals surface area contributed by atoms with Crippen LogP contribution in [0.25, 0.3) is 0 Å². The number of primary amides is 1. The van der Waals surface area contributed by atoms with Gasteiger partial charge in [0.1, 0.15) is 17.7 Å². The van der Waals surface area contributed by atoms with Crippen molar-refractivity contribution in [2.24, 2.45) is 11.7 Å². The van der Waals surface area contributed by atoms with E-state index >= 15 is 0 Å². The van der Waals surface area contributed by atoms with E-state index in [0.717, 1.165) is 12.1 Å². The lowest BCUT2D eigenvalue weighted by molar-refractivity contribution is -0.128. The van der Waals surface area contributed by atoms with Gasteiger partial charge < -0.3 is 11.1 Å². The molecule has 2 amide bonds. The van der Waals surface area contributed by atoms with Crippen molar-refractivity contribution in [1.82, 2.24) is 5.32 Å². The van der Waals surface area contributed by atoms with Crippen molar-refractivity contribution in [3.05, 3.63) is 35.4 Å². The van der Waals surface area contributed by atoms with Crippen molar-refractivity contribution in [3.8, 4) is 6.07 Å². The van der Waals surface area contributed by atoms with E-state index in [0.29, 0.717) is 6.07 Å². The van der Waals surface area contributed by atoms with E-state index in [1.54, 1.807) is 6.92 Å². The number of amides is 2. The largest absolute Gasteiger partial charge is 0.368 e. The number of nitriles is 1. The van der Waals surface area contributed by atoms with Crippen LogP contribution in [0.4, 0.5) is 8.78 Å². The van der Waals surface area contributed by atoms with Crippen LogP contribution in [0.2, 0.25) is 0 Å². The Kier molecular flexibility index (Phi) is 5.79. The zero-order valence-corrected chi connectivity index (χ0v) is 11.4. The van der Waals surface area contributed by atoms with Gasteiger partial charge in [0.15, 0.2) is 0 Å². The predicted molar refractivity (Wildman–Crippen MR) is 70.6 cm³/mol. The van der Waals surface area contributed by atoms with Crippen LogP contribution in [0.3, 0.4) is 0 Å². The molecule has 21 heavy (non-hydrogen) atoms. The highest BCUT2D eigenvalue weighted by Gasteiger charge is 2.24. The summed E-state index contributed by atoms with van der Waals surface area (Å²) < 4.78 is 26.0. The second-order valence-electron chi connectivity index (χ2n) is 4.74. The first-order chi connectivity index (χ1) is 9.83. The minimum atomic E-state index is -1.00. The number of nitrogens with zero attached hydrogens (tertiary/aromatic N) is 1. The summed E-state index contributed by atoms with van der Waals surface area (Å²) in [5.41, 5.74) is 5.31. The number of halogens is 2. The van der Waals surface area contributed by atoms with Crippen LogP contribution in [0.15, 0.2) is 18.2 Å². The average Bonchev–Trinajstić information content (AvgIpc) is 2.34. The second kappa shape index (κ2) is 7.33. The summed E-state index contributed by atoms with van der Waals surface area (Å²) in [4.78, 5) is 23.1. The summed E-state index contributed by atoms with van der Waals surface area (Å²) in [6.45, 7) is 1.60. The van der Waals surface area contributed by atoms with Crippen molar-refractivity contribution < 1.29 is 18.4 Å². The molecule has 0 radical (unpaired) electrons. The maximum Gasteiger partial charge on any atom is 0.240 e. The Morgan fingerprint density at radius 3 is 2.38 bits per heavy atom. The first-order valence-corrected chi connectivity index (χ1v) is 6.24. The molecule has 1 aromatic rings. The molecule has 0 saturated heterocycles. The molecule has 3 N–H and O–H groups in total. The highest BCUT2D eigenvalue weighted by atomic mass is 19.1. The molecule has 0 heterocycles. The lowest BCUT2D eigenvalue weighted by atomic mass is 9.98. The van der Waals surface area contributed by atoms with E-state index in [-0.39, 0.29) is 18.4 Å². The number of carbonyl (C=O) groups is 2. The predicted octanol–water partition coefficient (Wildman–Crippen LogP) is 1.03. The average molecular weight is 295 g/mol. The van der Waals surface area contributed by atoms with Gasteiger partial charge in [0, 0.05) is 12.5 Å². The topological polar surface area (TPSA) is 96.0 Å². The van der Waals surface area contributed by atoms with Crippen molar-refractivity contribution in [3.63, 3.8) is 0 Å². The number of nitrogens with one attached hydrogen (secondary N) is 1. The van der Waals surface area contributed by atoms with Gasteiger partial charge in [-0.2, -0.15) is 5.26 Å². The Bertz CT molecular complexity index is 564. The van der Waals surface area contributed by atoms with E-state index in [9.17, 15) is 18.4 Å². The van der Waals surface area contributed by atoms with Gasteiger partial charge in [-0.1, -0.05) is 6.92 Å². The smallest absolute Gasteiger partial charge is 0.240 e. The molecule has 7 heteroatoms. The van der Waals surface area contributed by atoms with E-state index in [2.05, 4.69) is 5.32 Å². The first-order valence-electron chi connectivity index (χ1n) is 6.24. The lowest BCUT2D eigenvalue weighted by Crippen LogP contribution is -2.48. The Hall–Kier alpha value is -2.49. The van der Waals surface area contributed by atoms with Gasteiger partial charge in [-0.15, -0.1) is 0 Å². The highest BCUT2D eigenvalue weighted by molar-refractivity contribution is 5.87. The van der Waals surface area contributed by atoms with Crippen molar-refractivity contribution in [2.45, 2.75) is 25.8 Å². The molecule has 0 aliphatic carbocycles. The van der Waals surface area contributed by atoms with Crippen LogP contribution in [0.5, 0.6) is 0 Å². The Labute approximate surface area is 120 Å². The standard InChI is InChI=1S/C14H15F2N3O2/c1-8(2-3-17)13(14(18)21)19-12(20)6-9-4-10(15)7-11(16)5-9/h4-5,7-8,13H,2,6H2,1H3,(H2,18,21)(H,19,20)/t8-,13-/m0/s1. The number of hydrogen-bond acceptors (Lipinski definition) is 3. The number of nitrogens with two attached hydrogens (primary N) is 1. The molecule has 112 valence electrons. The third kappa shape index (κ3) is 5.18. The third-order valence-corrected chi connectivity index (χ3v) is 2.89. The Balaban J connectivity index is 2.74. The third-order valence-electron chi connectivity index (χ3n) is 2.89. The normalized spacial score (nSPS) is 13.0. The SMILES string of the molecule is C[C@@H](CC#N)[C@H](NC(=O)Cc1cc(F)cc(F)c1)C(N)=O. The summed E-state index contributed by atoms with van der Waals surface area (Å²) in [6, 6.07) is 3.63. The minimum Gasteiger partial charge on any atom is -0.368 e. The molecule has 2 atom stereocenters. The fourth-order valence-electron chi connectivity index (χ4n) is 1.88. The number of carbonyl (C=O) groups excluding carboxylic acids is 2. The van der Waals surface area contributed by atoms with Gasteiger partial charge in [0.25, 0.3) is 0 Å². The zero-order chi connectivity index (χ0) is 16.0. The molecular formula is C14H15F2N3O2. The lowest BCUT2D eigenvalue weighted by Gasteiger charge is -2.20. The van der Waals surface area contributed by atoms with Crippen LogP contribution in [-0.4, -0.2) is 17.9 Å². The monoisotopic (exact) mass is 295 g/mol. The van der Waals surface area contributed by atoms with Crippen molar-refractivity contribution in [1.29, 1.82) is 5.26 Å². The van der Waals surface area contributed by atoms with Crippen LogP contribution in [0, 0.1) is 28.9 Å². The molecule has 1 aromatic carbocycles. The molecule has 0 spiro atoms. The molecule has 0 bridgehead atoms. The Morgan fingerprint density at radius 2 is 1.90 bits per heavy atom. The molecule has 0 saturated carbocycles. The number of hydrogen-bond donors (Lipinski definition) is 2. The van der Waals surface area contributed by atoms with E-state index in [1.807, 2.05) is 6.07 Å². The molecule has 1 rings (SSSR count). The number of benzene rings is 1. The van der Waals surface area contributed by atoms with E-state index < -0.39 is 35.4 Å². The van der Waals surface area contributed by atoms with Crippen LogP contribution in [0.1, 0.15) is 18.9 Å². The van der Waals surface area contributed by atoms with Gasteiger partial charge in [-0.3, -0.25) is 9.59 Å². The maximum absolute atomic E-state index is 13.0. The van der Waals surface area contributed by atoms with Gasteiger partial charge >= 0.3 is 0 Å². The van der Waals surface area contributed by atoms with Crippen LogP contribution >= 0.6 is 0 Å². The first kappa shape index (κ1) is 16.6. The summed E-state index contributed by atoms with van der Waals surface area (Å²) in [7, 11) is 0. The Morgan fingerprint density at radius 1 is 1.33 bits per heavy atom. The molecule has 0 fully saturated rings. The zero-order valence-electron chi connectivity index (χ0n) is 11.4. The van der Waals surface area contributed by atoms with E-state index in [4.69, 9.17) is 11.0 Å². The number of rotatable bonds is 6. The van der Waals surface area contributed by atoms with Gasteiger partial charge in [-0.05, 0) is 23.6 Å². The minimum absolute atomic E-state index is 0.0441. The van der Waals surface area contributed by atoms with Gasteiger partial charge in [0.2, 0.25) is 11.8 Å². The van der Waals surface area contributed by atoms with Crippen molar-refractivity contribution in [2.75, 3.05) is 0 Å². The van der Waals surface area contributed by atoms with Gasteiger partial charge in [-0.25, -0.2) is 8.78 Å². The molecule has 5 nitrogen and oxygen atoms in total. The highest BCUT2D eigenvalue weighted by Crippen LogP contribution is 2.10. The van der Waals surface area contributed by atoms with Crippen molar-refractivity contribution >= 4 is 11.8 Å². The van der Waals surface area contributed by atoms with E-state index in [1.165, 1.54) is 0 Å². The van der Waals surface area contributed by atoms with Crippen LogP contribution in [-0.2, 0) is 16.0 Å². The molecule has 0 aliphatic heterocycles. The fourth-order valence-corrected chi connectivity index (χ4v) is 1.88.